The van der Waals surface area contributed by atoms with Crippen molar-refractivity contribution in [3.8, 4) is 0 Å². The number of carbonyl (C=O) groups is 1. The van der Waals surface area contributed by atoms with Gasteiger partial charge in [0.25, 0.3) is 5.91 Å². The van der Waals surface area contributed by atoms with Crippen LogP contribution in [0.3, 0.4) is 0 Å². The van der Waals surface area contributed by atoms with Crippen LogP contribution in [0.5, 0.6) is 0 Å². The summed E-state index contributed by atoms with van der Waals surface area (Å²) in [5, 5.41) is 4.82. The predicted molar refractivity (Wildman–Crippen MR) is 95.0 cm³/mol. The van der Waals surface area contributed by atoms with Crippen molar-refractivity contribution in [3.05, 3.63) is 58.5 Å². The van der Waals surface area contributed by atoms with Gasteiger partial charge in [0.2, 0.25) is 0 Å². The highest BCUT2D eigenvalue weighted by Gasteiger charge is 2.19. The molecular weight excluding hydrogens is 383 g/mol. The van der Waals surface area contributed by atoms with Gasteiger partial charge in [0.15, 0.2) is 15.5 Å². The molecule has 7 nitrogen and oxygen atoms in total. The first-order chi connectivity index (χ1) is 12.2. The first kappa shape index (κ1) is 18.3. The first-order valence-corrected chi connectivity index (χ1v) is 9.63. The molecule has 1 amide bonds. The van der Waals surface area contributed by atoms with Gasteiger partial charge in [-0.2, -0.15) is 5.10 Å². The van der Waals surface area contributed by atoms with Crippen molar-refractivity contribution in [1.29, 1.82) is 0 Å². The van der Waals surface area contributed by atoms with Gasteiger partial charge in [0, 0.05) is 22.2 Å². The molecule has 10 heteroatoms. The van der Waals surface area contributed by atoms with Gasteiger partial charge in [-0.25, -0.2) is 18.7 Å². The van der Waals surface area contributed by atoms with Crippen molar-refractivity contribution in [2.75, 3.05) is 6.26 Å². The number of nitrogen functional groups attached to an aromatic ring is 1. The molecule has 0 aliphatic carbocycles. The van der Waals surface area contributed by atoms with Gasteiger partial charge in [-0.05, 0) is 30.3 Å². The summed E-state index contributed by atoms with van der Waals surface area (Å²) in [7, 11) is -3.47. The van der Waals surface area contributed by atoms with Crippen LogP contribution < -0.4 is 11.3 Å². The summed E-state index contributed by atoms with van der Waals surface area (Å²) in [4.78, 5) is 12.0. The minimum Gasteiger partial charge on any atom is -0.289 e. The second-order valence-electron chi connectivity index (χ2n) is 5.67. The Morgan fingerprint density at radius 3 is 2.65 bits per heavy atom. The Kier molecular flexibility index (Phi) is 4.70. The smallest absolute Gasteiger partial charge is 0.286 e. The average Bonchev–Trinajstić information content (AvgIpc) is 2.94. The van der Waals surface area contributed by atoms with Crippen molar-refractivity contribution in [1.82, 2.24) is 15.2 Å². The summed E-state index contributed by atoms with van der Waals surface area (Å²) in [6.07, 6.45) is 1.07. The van der Waals surface area contributed by atoms with Crippen LogP contribution in [0.15, 0.2) is 41.3 Å². The van der Waals surface area contributed by atoms with Crippen molar-refractivity contribution in [2.45, 2.75) is 11.4 Å². The summed E-state index contributed by atoms with van der Waals surface area (Å²) in [6, 6.07) is 8.42. The van der Waals surface area contributed by atoms with Crippen LogP contribution in [-0.2, 0) is 16.4 Å². The number of rotatable bonds is 4. The molecule has 0 atom stereocenters. The molecule has 2 aromatic carbocycles. The molecule has 3 rings (SSSR count). The maximum absolute atomic E-state index is 14.1. The predicted octanol–water partition coefficient (Wildman–Crippen LogP) is 1.88. The molecule has 0 aliphatic rings. The number of fused-ring (bicyclic) bond motifs is 1. The largest absolute Gasteiger partial charge is 0.289 e. The summed E-state index contributed by atoms with van der Waals surface area (Å²) in [5.74, 6) is 4.00. The number of hydrogen-bond donors (Lipinski definition) is 2. The van der Waals surface area contributed by atoms with Crippen molar-refractivity contribution < 1.29 is 17.6 Å². The van der Waals surface area contributed by atoms with Gasteiger partial charge >= 0.3 is 0 Å². The number of aromatic nitrogens is 2. The van der Waals surface area contributed by atoms with Crippen molar-refractivity contribution in [2.24, 2.45) is 5.84 Å². The summed E-state index contributed by atoms with van der Waals surface area (Å²) in [6.45, 7) is -0.0232. The zero-order chi connectivity index (χ0) is 19.1. The van der Waals surface area contributed by atoms with E-state index in [0.717, 1.165) is 12.3 Å². The standard InChI is InChI=1S/C16H14ClFN4O3S/c1-26(24,25)11-4-5-12-14(7-11)22(21-15(12)16(23)20-19)8-9-2-3-10(17)6-13(9)18/h2-7H,8,19H2,1H3,(H,20,23). The van der Waals surface area contributed by atoms with E-state index in [4.69, 9.17) is 17.4 Å². The normalized spacial score (nSPS) is 11.7. The molecule has 0 unspecified atom stereocenters. The van der Waals surface area contributed by atoms with E-state index < -0.39 is 21.6 Å². The fraction of sp³-hybridized carbons (Fsp3) is 0.125. The topological polar surface area (TPSA) is 107 Å². The molecule has 0 saturated carbocycles. The molecule has 0 radical (unpaired) electrons. The number of hydrazine groups is 1. The van der Waals surface area contributed by atoms with E-state index in [0.29, 0.717) is 10.9 Å². The van der Waals surface area contributed by atoms with Gasteiger partial charge in [-0.15, -0.1) is 0 Å². The molecule has 26 heavy (non-hydrogen) atoms. The minimum absolute atomic E-state index is 0.0110. The molecule has 0 fully saturated rings. The van der Waals surface area contributed by atoms with Gasteiger partial charge in [-0.1, -0.05) is 17.7 Å². The summed E-state index contributed by atoms with van der Waals surface area (Å²) >= 11 is 5.75. The third kappa shape index (κ3) is 3.41. The Hall–Kier alpha value is -2.49. The lowest BCUT2D eigenvalue weighted by Gasteiger charge is -2.06. The van der Waals surface area contributed by atoms with Crippen LogP contribution in [-0.4, -0.2) is 30.4 Å². The maximum atomic E-state index is 14.1. The van der Waals surface area contributed by atoms with Gasteiger partial charge in [0.1, 0.15) is 5.82 Å². The highest BCUT2D eigenvalue weighted by Crippen LogP contribution is 2.24. The molecular formula is C16H14ClFN4O3S. The van der Waals surface area contributed by atoms with Crippen LogP contribution in [0.25, 0.3) is 10.9 Å². The number of amides is 1. The van der Waals surface area contributed by atoms with E-state index in [9.17, 15) is 17.6 Å². The number of halogens is 2. The highest BCUT2D eigenvalue weighted by molar-refractivity contribution is 7.90. The van der Waals surface area contributed by atoms with Crippen molar-refractivity contribution in [3.63, 3.8) is 0 Å². The second-order valence-corrected chi connectivity index (χ2v) is 8.12. The molecule has 0 spiro atoms. The average molecular weight is 397 g/mol. The molecule has 3 aromatic rings. The molecule has 136 valence electrons. The molecule has 0 saturated heterocycles. The van der Waals surface area contributed by atoms with E-state index in [1.54, 1.807) is 0 Å². The Morgan fingerprint density at radius 2 is 2.04 bits per heavy atom. The molecule has 1 aromatic heterocycles. The lowest BCUT2D eigenvalue weighted by atomic mass is 10.2. The number of nitrogens with two attached hydrogens (primary N) is 1. The summed E-state index contributed by atoms with van der Waals surface area (Å²) < 4.78 is 39.1. The SMILES string of the molecule is CS(=O)(=O)c1ccc2c(C(=O)NN)nn(Cc3ccc(Cl)cc3F)c2c1. The van der Waals surface area contributed by atoms with Crippen LogP contribution in [0, 0.1) is 5.82 Å². The Labute approximate surface area is 153 Å². The maximum Gasteiger partial charge on any atom is 0.286 e. The van der Waals surface area contributed by atoms with Crippen LogP contribution in [0.2, 0.25) is 5.02 Å². The van der Waals surface area contributed by atoms with Crippen molar-refractivity contribution >= 4 is 38.2 Å². The summed E-state index contributed by atoms with van der Waals surface area (Å²) in [5.41, 5.74) is 2.64. The fourth-order valence-corrected chi connectivity index (χ4v) is 3.35. The molecule has 0 bridgehead atoms. The van der Waals surface area contributed by atoms with E-state index in [2.05, 4.69) is 5.10 Å². The number of nitrogens with one attached hydrogen (secondary N) is 1. The van der Waals surface area contributed by atoms with Crippen LogP contribution in [0.1, 0.15) is 16.1 Å². The second kappa shape index (κ2) is 6.67. The van der Waals surface area contributed by atoms with Gasteiger partial charge in [0.05, 0.1) is 17.0 Å². The third-order valence-electron chi connectivity index (χ3n) is 3.83. The fourth-order valence-electron chi connectivity index (χ4n) is 2.55. The molecule has 1 heterocycles. The number of benzene rings is 2. The van der Waals surface area contributed by atoms with E-state index in [-0.39, 0.29) is 27.7 Å². The Bertz CT molecular complexity index is 1130. The number of nitrogens with zero attached hydrogens (tertiary/aromatic N) is 2. The van der Waals surface area contributed by atoms with E-state index in [1.165, 1.54) is 35.0 Å². The zero-order valence-corrected chi connectivity index (χ0v) is 15.1. The van der Waals surface area contributed by atoms with E-state index >= 15 is 0 Å². The zero-order valence-electron chi connectivity index (χ0n) is 13.5. The third-order valence-corrected chi connectivity index (χ3v) is 5.18. The minimum atomic E-state index is -3.47. The number of sulfone groups is 1. The first-order valence-electron chi connectivity index (χ1n) is 7.36. The Balaban J connectivity index is 2.20. The van der Waals surface area contributed by atoms with Crippen LogP contribution in [0.4, 0.5) is 4.39 Å². The Morgan fingerprint density at radius 1 is 1.31 bits per heavy atom. The molecule has 3 N–H and O–H groups in total. The van der Waals surface area contributed by atoms with Gasteiger partial charge in [-0.3, -0.25) is 14.9 Å². The van der Waals surface area contributed by atoms with E-state index in [1.807, 2.05) is 5.43 Å². The quantitative estimate of drug-likeness (QED) is 0.398. The van der Waals surface area contributed by atoms with Crippen LogP contribution >= 0.6 is 11.6 Å². The lowest BCUT2D eigenvalue weighted by Crippen LogP contribution is -2.30. The van der Waals surface area contributed by atoms with Gasteiger partial charge < -0.3 is 0 Å². The number of hydrogen-bond acceptors (Lipinski definition) is 5. The monoisotopic (exact) mass is 396 g/mol. The molecule has 0 aliphatic heterocycles. The lowest BCUT2D eigenvalue weighted by molar-refractivity contribution is 0.0949. The highest BCUT2D eigenvalue weighted by atomic mass is 35.5. The number of carbonyl (C=O) groups excluding carboxylic acids is 1.